The Hall–Kier alpha value is -3.02. The second kappa shape index (κ2) is 7.70. The zero-order valence-corrected chi connectivity index (χ0v) is 14.0. The molecule has 0 saturated carbocycles. The first kappa shape index (κ1) is 16.8. The highest BCUT2D eigenvalue weighted by molar-refractivity contribution is 5.87. The van der Waals surface area contributed by atoms with Gasteiger partial charge in [-0.25, -0.2) is 4.79 Å². The Balaban J connectivity index is 1.52. The maximum atomic E-state index is 10.8. The lowest BCUT2D eigenvalue weighted by atomic mass is 10.2. The summed E-state index contributed by atoms with van der Waals surface area (Å²) in [6.07, 6.45) is 0.799. The van der Waals surface area contributed by atoms with Crippen LogP contribution in [0.3, 0.4) is 0 Å². The van der Waals surface area contributed by atoms with Gasteiger partial charge in [0.1, 0.15) is 11.3 Å². The molecule has 0 unspecified atom stereocenters. The molecule has 0 aliphatic heterocycles. The smallest absolute Gasteiger partial charge is 0.335 e. The van der Waals surface area contributed by atoms with Gasteiger partial charge in [-0.05, 0) is 49.7 Å². The second-order valence-corrected chi connectivity index (χ2v) is 5.58. The van der Waals surface area contributed by atoms with Gasteiger partial charge in [0.15, 0.2) is 5.58 Å². The van der Waals surface area contributed by atoms with E-state index in [2.05, 4.69) is 16.8 Å². The van der Waals surface area contributed by atoms with Gasteiger partial charge in [0, 0.05) is 13.1 Å². The number of ether oxygens (including phenoxy) is 1. The van der Waals surface area contributed by atoms with Crippen molar-refractivity contribution >= 4 is 23.1 Å². The molecular formula is C19H20N2O4. The van der Waals surface area contributed by atoms with Crippen molar-refractivity contribution in [3.8, 4) is 5.75 Å². The van der Waals surface area contributed by atoms with Crippen molar-refractivity contribution in [3.05, 3.63) is 54.1 Å². The number of oxazole rings is 1. The summed E-state index contributed by atoms with van der Waals surface area (Å²) in [6, 6.07) is 14.7. The molecule has 2 aromatic carbocycles. The van der Waals surface area contributed by atoms with Crippen LogP contribution in [0.25, 0.3) is 11.1 Å². The van der Waals surface area contributed by atoms with Gasteiger partial charge in [0.25, 0.3) is 6.01 Å². The van der Waals surface area contributed by atoms with Gasteiger partial charge in [0.05, 0.1) is 12.2 Å². The minimum Gasteiger partial charge on any atom is -0.494 e. The highest BCUT2D eigenvalue weighted by Crippen LogP contribution is 2.21. The standard InChI is InChI=1S/C19H20N2O4/c1-2-21(19-20-16-6-3-4-7-17(16)25-19)12-5-13-24-15-10-8-14(9-11-15)18(22)23/h3-4,6-11H,2,5,12-13H2,1H3,(H,22,23). The van der Waals surface area contributed by atoms with Crippen molar-refractivity contribution in [2.75, 3.05) is 24.6 Å². The first-order chi connectivity index (χ1) is 12.2. The van der Waals surface area contributed by atoms with Crippen LogP contribution in [0.4, 0.5) is 6.01 Å². The lowest BCUT2D eigenvalue weighted by Gasteiger charge is -2.18. The van der Waals surface area contributed by atoms with E-state index in [-0.39, 0.29) is 5.56 Å². The molecule has 6 nitrogen and oxygen atoms in total. The largest absolute Gasteiger partial charge is 0.494 e. The Morgan fingerprint density at radius 1 is 1.20 bits per heavy atom. The van der Waals surface area contributed by atoms with E-state index in [0.717, 1.165) is 30.6 Å². The summed E-state index contributed by atoms with van der Waals surface area (Å²) in [7, 11) is 0. The monoisotopic (exact) mass is 340 g/mol. The van der Waals surface area contributed by atoms with Gasteiger partial charge in [0.2, 0.25) is 0 Å². The van der Waals surface area contributed by atoms with Crippen molar-refractivity contribution in [2.24, 2.45) is 0 Å². The molecule has 6 heteroatoms. The van der Waals surface area contributed by atoms with Crippen molar-refractivity contribution in [2.45, 2.75) is 13.3 Å². The minimum atomic E-state index is -0.941. The van der Waals surface area contributed by atoms with Gasteiger partial charge in [-0.3, -0.25) is 0 Å². The van der Waals surface area contributed by atoms with Crippen molar-refractivity contribution in [1.82, 2.24) is 4.98 Å². The number of hydrogen-bond acceptors (Lipinski definition) is 5. The molecule has 0 saturated heterocycles. The van der Waals surface area contributed by atoms with E-state index in [1.165, 1.54) is 12.1 Å². The molecule has 0 amide bonds. The maximum absolute atomic E-state index is 10.8. The van der Waals surface area contributed by atoms with Crippen LogP contribution < -0.4 is 9.64 Å². The van der Waals surface area contributed by atoms with E-state index in [1.807, 2.05) is 24.3 Å². The predicted molar refractivity (Wildman–Crippen MR) is 95.4 cm³/mol. The number of carbonyl (C=O) groups is 1. The van der Waals surface area contributed by atoms with Crippen LogP contribution in [-0.2, 0) is 0 Å². The van der Waals surface area contributed by atoms with Crippen LogP contribution in [0.5, 0.6) is 5.75 Å². The van der Waals surface area contributed by atoms with E-state index >= 15 is 0 Å². The molecule has 0 aliphatic rings. The van der Waals surface area contributed by atoms with Crippen LogP contribution in [0, 0.1) is 0 Å². The molecule has 3 rings (SSSR count). The molecule has 1 heterocycles. The third-order valence-corrected chi connectivity index (χ3v) is 3.88. The molecule has 25 heavy (non-hydrogen) atoms. The fraction of sp³-hybridized carbons (Fsp3) is 0.263. The number of anilines is 1. The molecular weight excluding hydrogens is 320 g/mol. The second-order valence-electron chi connectivity index (χ2n) is 5.58. The number of hydrogen-bond donors (Lipinski definition) is 1. The molecule has 0 radical (unpaired) electrons. The Morgan fingerprint density at radius 3 is 2.64 bits per heavy atom. The highest BCUT2D eigenvalue weighted by Gasteiger charge is 2.12. The highest BCUT2D eigenvalue weighted by atomic mass is 16.5. The number of carboxylic acid groups (broad SMARTS) is 1. The Kier molecular flexibility index (Phi) is 5.18. The molecule has 1 N–H and O–H groups in total. The predicted octanol–water partition coefficient (Wildman–Crippen LogP) is 3.82. The summed E-state index contributed by atoms with van der Waals surface area (Å²) in [5.74, 6) is -0.279. The molecule has 0 bridgehead atoms. The van der Waals surface area contributed by atoms with Crippen molar-refractivity contribution in [1.29, 1.82) is 0 Å². The van der Waals surface area contributed by atoms with E-state index in [0.29, 0.717) is 18.4 Å². The number of fused-ring (bicyclic) bond motifs is 1. The summed E-state index contributed by atoms with van der Waals surface area (Å²) in [4.78, 5) is 17.4. The molecule has 3 aromatic rings. The fourth-order valence-corrected chi connectivity index (χ4v) is 2.52. The summed E-state index contributed by atoms with van der Waals surface area (Å²) in [6.45, 7) is 4.14. The molecule has 1 aromatic heterocycles. The van der Waals surface area contributed by atoms with Crippen LogP contribution in [0.2, 0.25) is 0 Å². The number of carboxylic acids is 1. The maximum Gasteiger partial charge on any atom is 0.335 e. The van der Waals surface area contributed by atoms with Gasteiger partial charge >= 0.3 is 5.97 Å². The summed E-state index contributed by atoms with van der Waals surface area (Å²) in [5, 5.41) is 8.88. The summed E-state index contributed by atoms with van der Waals surface area (Å²) < 4.78 is 11.5. The molecule has 0 atom stereocenters. The van der Waals surface area contributed by atoms with Crippen molar-refractivity contribution in [3.63, 3.8) is 0 Å². The van der Waals surface area contributed by atoms with Gasteiger partial charge in [-0.1, -0.05) is 12.1 Å². The van der Waals surface area contributed by atoms with E-state index < -0.39 is 5.97 Å². The van der Waals surface area contributed by atoms with Gasteiger partial charge < -0.3 is 19.2 Å². The average Bonchev–Trinajstić information content (AvgIpc) is 3.06. The normalized spacial score (nSPS) is 10.8. The average molecular weight is 340 g/mol. The SMILES string of the molecule is CCN(CCCOc1ccc(C(=O)O)cc1)c1nc2ccccc2o1. The number of aromatic nitrogens is 1. The minimum absolute atomic E-state index is 0.250. The summed E-state index contributed by atoms with van der Waals surface area (Å²) in [5.41, 5.74) is 1.89. The van der Waals surface area contributed by atoms with Crippen LogP contribution in [0.1, 0.15) is 23.7 Å². The van der Waals surface area contributed by atoms with E-state index in [1.54, 1.807) is 12.1 Å². The summed E-state index contributed by atoms with van der Waals surface area (Å²) >= 11 is 0. The van der Waals surface area contributed by atoms with Crippen LogP contribution in [-0.4, -0.2) is 35.8 Å². The number of rotatable bonds is 8. The number of nitrogens with zero attached hydrogens (tertiary/aromatic N) is 2. The topological polar surface area (TPSA) is 75.8 Å². The molecule has 0 spiro atoms. The zero-order valence-electron chi connectivity index (χ0n) is 14.0. The number of benzene rings is 2. The van der Waals surface area contributed by atoms with Gasteiger partial charge in [-0.2, -0.15) is 4.98 Å². The lowest BCUT2D eigenvalue weighted by Crippen LogP contribution is -2.25. The first-order valence-corrected chi connectivity index (χ1v) is 8.24. The Bertz CT molecular complexity index is 809. The van der Waals surface area contributed by atoms with Crippen LogP contribution >= 0.6 is 0 Å². The van der Waals surface area contributed by atoms with Crippen molar-refractivity contribution < 1.29 is 19.1 Å². The third-order valence-electron chi connectivity index (χ3n) is 3.88. The quantitative estimate of drug-likeness (QED) is 0.628. The molecule has 0 fully saturated rings. The number of para-hydroxylation sites is 2. The van der Waals surface area contributed by atoms with Crippen LogP contribution in [0.15, 0.2) is 52.9 Å². The molecule has 130 valence electrons. The van der Waals surface area contributed by atoms with E-state index in [4.69, 9.17) is 14.3 Å². The third kappa shape index (κ3) is 4.09. The first-order valence-electron chi connectivity index (χ1n) is 8.24. The van der Waals surface area contributed by atoms with Gasteiger partial charge in [-0.15, -0.1) is 0 Å². The number of aromatic carboxylic acids is 1. The Morgan fingerprint density at radius 2 is 1.96 bits per heavy atom. The Labute approximate surface area is 145 Å². The zero-order chi connectivity index (χ0) is 17.6. The fourth-order valence-electron chi connectivity index (χ4n) is 2.52. The van der Waals surface area contributed by atoms with E-state index in [9.17, 15) is 4.79 Å². The molecule has 0 aliphatic carbocycles. The lowest BCUT2D eigenvalue weighted by molar-refractivity contribution is 0.0697.